The zero-order valence-corrected chi connectivity index (χ0v) is 15.3. The summed E-state index contributed by atoms with van der Waals surface area (Å²) >= 11 is 0. The third-order valence-electron chi connectivity index (χ3n) is 3.54. The van der Waals surface area contributed by atoms with E-state index in [4.69, 9.17) is 10.6 Å². The van der Waals surface area contributed by atoms with E-state index in [2.05, 4.69) is 26.0 Å². The zero-order chi connectivity index (χ0) is 19.9. The fourth-order valence-electron chi connectivity index (χ4n) is 2.21. The van der Waals surface area contributed by atoms with Crippen LogP contribution < -0.4 is 21.9 Å². The van der Waals surface area contributed by atoms with E-state index in [1.54, 1.807) is 24.5 Å². The highest BCUT2D eigenvalue weighted by atomic mass is 16.5. The number of methoxy groups -OCH3 is 1. The van der Waals surface area contributed by atoms with Gasteiger partial charge in [-0.05, 0) is 24.5 Å². The predicted octanol–water partition coefficient (Wildman–Crippen LogP) is -0.940. The molecule has 1 atom stereocenters. The van der Waals surface area contributed by atoms with Gasteiger partial charge in [-0.15, -0.1) is 0 Å². The number of nitrogens with two attached hydrogens (primary N) is 1. The molecule has 10 nitrogen and oxygen atoms in total. The van der Waals surface area contributed by atoms with Gasteiger partial charge in [-0.25, -0.2) is 10.6 Å². The summed E-state index contributed by atoms with van der Waals surface area (Å²) < 4.78 is 4.72. The lowest BCUT2D eigenvalue weighted by molar-refractivity contribution is -0.145. The maximum atomic E-state index is 12.0. The quantitative estimate of drug-likeness (QED) is 0.0916. The summed E-state index contributed by atoms with van der Waals surface area (Å²) in [6.07, 6.45) is 6.51. The van der Waals surface area contributed by atoms with Crippen LogP contribution in [0.25, 0.3) is 0 Å². The number of nitrogens with zero attached hydrogens (tertiary/aromatic N) is 2. The van der Waals surface area contributed by atoms with E-state index in [1.165, 1.54) is 13.4 Å². The molecule has 0 saturated heterocycles. The van der Waals surface area contributed by atoms with E-state index >= 15 is 0 Å². The highest BCUT2D eigenvalue weighted by molar-refractivity contribution is 5.88. The summed E-state index contributed by atoms with van der Waals surface area (Å²) in [6.45, 7) is 0.349. The van der Waals surface area contributed by atoms with Crippen LogP contribution in [0.1, 0.15) is 24.8 Å². The van der Waals surface area contributed by atoms with Crippen molar-refractivity contribution in [2.75, 3.05) is 20.2 Å². The lowest BCUT2D eigenvalue weighted by Crippen LogP contribution is -2.47. The van der Waals surface area contributed by atoms with Crippen molar-refractivity contribution in [2.24, 2.45) is 10.8 Å². The van der Waals surface area contributed by atoms with E-state index in [1.807, 2.05) is 0 Å². The molecular formula is C17H26N6O4. The largest absolute Gasteiger partial charge is 0.467 e. The van der Waals surface area contributed by atoms with Gasteiger partial charge in [0.05, 0.1) is 20.0 Å². The van der Waals surface area contributed by atoms with Crippen LogP contribution in [-0.2, 0) is 25.5 Å². The minimum Gasteiger partial charge on any atom is -0.467 e. The van der Waals surface area contributed by atoms with Gasteiger partial charge >= 0.3 is 5.97 Å². The van der Waals surface area contributed by atoms with Gasteiger partial charge in [-0.2, -0.15) is 0 Å². The van der Waals surface area contributed by atoms with E-state index < -0.39 is 17.9 Å². The van der Waals surface area contributed by atoms with Crippen molar-refractivity contribution < 1.29 is 19.1 Å². The van der Waals surface area contributed by atoms with Crippen LogP contribution in [0.2, 0.25) is 0 Å². The minimum absolute atomic E-state index is 0.214. The molecule has 148 valence electrons. The second-order valence-corrected chi connectivity index (χ2v) is 5.64. The number of esters is 1. The van der Waals surface area contributed by atoms with Crippen molar-refractivity contribution in [1.29, 1.82) is 0 Å². The van der Waals surface area contributed by atoms with Crippen LogP contribution in [0.4, 0.5) is 0 Å². The topological polar surface area (TPSA) is 148 Å². The third-order valence-corrected chi connectivity index (χ3v) is 3.54. The molecule has 1 aromatic rings. The lowest BCUT2D eigenvalue weighted by atomic mass is 10.1. The Hall–Kier alpha value is -3.01. The molecule has 0 aliphatic carbocycles. The summed E-state index contributed by atoms with van der Waals surface area (Å²) in [6, 6.07) is 2.69. The van der Waals surface area contributed by atoms with Gasteiger partial charge in [-0.3, -0.25) is 19.6 Å². The Kier molecular flexibility index (Phi) is 10.8. The van der Waals surface area contributed by atoms with Crippen LogP contribution in [0.5, 0.6) is 0 Å². The van der Waals surface area contributed by atoms with Crippen molar-refractivity contribution in [3.8, 4) is 0 Å². The van der Waals surface area contributed by atoms with Crippen LogP contribution in [-0.4, -0.2) is 55.3 Å². The first-order valence-electron chi connectivity index (χ1n) is 8.54. The number of ether oxygens (including phenoxy) is 1. The molecule has 10 heteroatoms. The number of hydrogen-bond donors (Lipinski definition) is 4. The maximum absolute atomic E-state index is 12.0. The number of pyridine rings is 1. The zero-order valence-electron chi connectivity index (χ0n) is 15.3. The number of unbranched alkanes of at least 4 members (excludes halogenated alkanes) is 1. The van der Waals surface area contributed by atoms with Crippen molar-refractivity contribution in [3.63, 3.8) is 0 Å². The summed E-state index contributed by atoms with van der Waals surface area (Å²) in [5.74, 6) is 3.75. The first kappa shape index (κ1) is 22.0. The van der Waals surface area contributed by atoms with Crippen molar-refractivity contribution in [2.45, 2.75) is 31.7 Å². The number of nitrogens with one attached hydrogen (secondary N) is 3. The SMILES string of the molecule is COC(=O)C(Cc1cccnc1)NC(=O)CNC(=O)CCCCN=CNN. The molecule has 0 spiro atoms. The van der Waals surface area contributed by atoms with Gasteiger partial charge in [0.1, 0.15) is 6.04 Å². The Bertz CT molecular complexity index is 623. The van der Waals surface area contributed by atoms with Crippen LogP contribution >= 0.6 is 0 Å². The molecule has 1 aromatic heterocycles. The molecule has 0 aromatic carbocycles. The van der Waals surface area contributed by atoms with Crippen molar-refractivity contribution >= 4 is 24.1 Å². The van der Waals surface area contributed by atoms with Gasteiger partial charge in [0.25, 0.3) is 0 Å². The number of hydrazine groups is 1. The molecule has 27 heavy (non-hydrogen) atoms. The molecule has 1 unspecified atom stereocenters. The number of amides is 2. The highest BCUT2D eigenvalue weighted by Crippen LogP contribution is 2.03. The minimum atomic E-state index is -0.849. The van der Waals surface area contributed by atoms with Gasteiger partial charge < -0.3 is 20.8 Å². The average Bonchev–Trinajstić information content (AvgIpc) is 2.68. The second-order valence-electron chi connectivity index (χ2n) is 5.64. The normalized spacial score (nSPS) is 11.6. The van der Waals surface area contributed by atoms with Crippen LogP contribution in [0, 0.1) is 0 Å². The number of carbonyl (C=O) groups is 3. The van der Waals surface area contributed by atoms with Gasteiger partial charge in [0.2, 0.25) is 11.8 Å². The summed E-state index contributed by atoms with van der Waals surface area (Å²) in [7, 11) is 1.25. The molecule has 5 N–H and O–H groups in total. The number of hydrogen-bond acceptors (Lipinski definition) is 7. The number of rotatable bonds is 12. The first-order valence-corrected chi connectivity index (χ1v) is 8.54. The molecule has 2 amide bonds. The standard InChI is InChI=1S/C17H26N6O4/c1-27-17(26)14(9-13-5-4-8-19-10-13)23-16(25)11-21-15(24)6-2-3-7-20-12-22-18/h4-5,8,10,12,14H,2-3,6-7,9,11,18H2,1H3,(H,20,22)(H,21,24)(H,23,25). The third kappa shape index (κ3) is 9.90. The predicted molar refractivity (Wildman–Crippen MR) is 99.4 cm³/mol. The Morgan fingerprint density at radius 2 is 2.15 bits per heavy atom. The van der Waals surface area contributed by atoms with Gasteiger partial charge in [0, 0.05) is 31.8 Å². The van der Waals surface area contributed by atoms with Crippen LogP contribution in [0.3, 0.4) is 0 Å². The van der Waals surface area contributed by atoms with Crippen molar-refractivity contribution in [3.05, 3.63) is 30.1 Å². The van der Waals surface area contributed by atoms with Crippen LogP contribution in [0.15, 0.2) is 29.5 Å². The van der Waals surface area contributed by atoms with E-state index in [-0.39, 0.29) is 25.3 Å². The summed E-state index contributed by atoms with van der Waals surface area (Å²) in [5, 5.41) is 5.09. The maximum Gasteiger partial charge on any atom is 0.328 e. The fraction of sp³-hybridized carbons (Fsp3) is 0.471. The van der Waals surface area contributed by atoms with E-state index in [9.17, 15) is 14.4 Å². The summed E-state index contributed by atoms with van der Waals surface area (Å²) in [5.41, 5.74) is 3.07. The molecule has 1 rings (SSSR count). The Morgan fingerprint density at radius 1 is 1.33 bits per heavy atom. The Balaban J connectivity index is 2.35. The van der Waals surface area contributed by atoms with Gasteiger partial charge in [-0.1, -0.05) is 6.07 Å². The molecule has 0 aliphatic rings. The molecule has 1 heterocycles. The van der Waals surface area contributed by atoms with Crippen molar-refractivity contribution in [1.82, 2.24) is 21.0 Å². The smallest absolute Gasteiger partial charge is 0.328 e. The fourth-order valence-corrected chi connectivity index (χ4v) is 2.21. The number of aromatic nitrogens is 1. The Morgan fingerprint density at radius 3 is 2.81 bits per heavy atom. The molecule has 0 aliphatic heterocycles. The van der Waals surface area contributed by atoms with E-state index in [0.29, 0.717) is 13.0 Å². The molecule has 0 bridgehead atoms. The highest BCUT2D eigenvalue weighted by Gasteiger charge is 2.22. The average molecular weight is 378 g/mol. The number of aliphatic imine (C=N–C) groups is 1. The Labute approximate surface area is 157 Å². The molecule has 0 fully saturated rings. The monoisotopic (exact) mass is 378 g/mol. The molecule has 0 radical (unpaired) electrons. The number of carbonyl (C=O) groups excluding carboxylic acids is 3. The molecular weight excluding hydrogens is 352 g/mol. The summed E-state index contributed by atoms with van der Waals surface area (Å²) in [4.78, 5) is 43.6. The molecule has 0 saturated carbocycles. The first-order chi connectivity index (χ1) is 13.1. The second kappa shape index (κ2) is 13.2. The lowest BCUT2D eigenvalue weighted by Gasteiger charge is -2.16. The van der Waals surface area contributed by atoms with Gasteiger partial charge in [0.15, 0.2) is 0 Å². The van der Waals surface area contributed by atoms with E-state index in [0.717, 1.165) is 12.0 Å².